The average Bonchev–Trinajstić information content (AvgIpc) is 3.57. The molecule has 1 fully saturated rings. The summed E-state index contributed by atoms with van der Waals surface area (Å²) in [6.07, 6.45) is -0.613. The van der Waals surface area contributed by atoms with Crippen molar-refractivity contribution in [1.29, 1.82) is 0 Å². The maximum atomic E-state index is 13.2. The summed E-state index contributed by atoms with van der Waals surface area (Å²) in [6, 6.07) is 20.5. The third kappa shape index (κ3) is 13.5. The van der Waals surface area contributed by atoms with E-state index in [2.05, 4.69) is 89.1 Å². The first-order valence-corrected chi connectivity index (χ1v) is 23.2. The second kappa shape index (κ2) is 22.0. The van der Waals surface area contributed by atoms with Gasteiger partial charge in [-0.15, -0.1) is 0 Å². The first kappa shape index (κ1) is 46.1. The van der Waals surface area contributed by atoms with Crippen LogP contribution >= 0.6 is 21.6 Å². The number of rotatable bonds is 19. The van der Waals surface area contributed by atoms with Crippen LogP contribution in [0.3, 0.4) is 0 Å². The lowest BCUT2D eigenvalue weighted by molar-refractivity contribution is -0.0582. The van der Waals surface area contributed by atoms with Crippen LogP contribution in [0.15, 0.2) is 89.2 Å². The van der Waals surface area contributed by atoms with Crippen LogP contribution in [0.2, 0.25) is 5.04 Å². The number of ether oxygens (including phenoxy) is 4. The normalized spacial score (nSPS) is 16.7. The van der Waals surface area contributed by atoms with Crippen molar-refractivity contribution in [2.24, 2.45) is 5.11 Å². The highest BCUT2D eigenvalue weighted by Crippen LogP contribution is 2.38. The maximum Gasteiger partial charge on any atom is 0.407 e. The van der Waals surface area contributed by atoms with E-state index in [0.29, 0.717) is 30.4 Å². The van der Waals surface area contributed by atoms with Gasteiger partial charge < -0.3 is 39.7 Å². The molecule has 15 nitrogen and oxygen atoms in total. The number of nitrogens with two attached hydrogens (primary N) is 1. The van der Waals surface area contributed by atoms with Gasteiger partial charge in [-0.05, 0) is 48.3 Å². The Morgan fingerprint density at radius 2 is 1.74 bits per heavy atom. The van der Waals surface area contributed by atoms with Crippen LogP contribution in [0.5, 0.6) is 0 Å². The summed E-state index contributed by atoms with van der Waals surface area (Å²) in [6.45, 7) is 17.0. The number of hydrogen-bond donors (Lipinski definition) is 3. The largest absolute Gasteiger partial charge is 0.479 e. The predicted molar refractivity (Wildman–Crippen MR) is 233 cm³/mol. The van der Waals surface area contributed by atoms with E-state index < -0.39 is 44.1 Å². The number of hydrogen-bond acceptors (Lipinski definition) is 13. The number of aromatic nitrogens is 2. The molecule has 1 aliphatic heterocycles. The summed E-state index contributed by atoms with van der Waals surface area (Å²) >= 11 is 0. The lowest BCUT2D eigenvalue weighted by Gasteiger charge is -2.43. The van der Waals surface area contributed by atoms with Gasteiger partial charge in [0.15, 0.2) is 5.88 Å². The summed E-state index contributed by atoms with van der Waals surface area (Å²) in [5, 5.41) is 11.2. The molecule has 0 radical (unpaired) electrons. The van der Waals surface area contributed by atoms with E-state index in [1.54, 1.807) is 21.6 Å². The Kier molecular flexibility index (Phi) is 17.4. The van der Waals surface area contributed by atoms with E-state index in [4.69, 9.17) is 34.6 Å². The molecule has 2 heterocycles. The Morgan fingerprint density at radius 1 is 1.09 bits per heavy atom. The summed E-state index contributed by atoms with van der Waals surface area (Å²) in [5.41, 5.74) is 14.3. The summed E-state index contributed by atoms with van der Waals surface area (Å²) < 4.78 is 31.9. The average molecular weight is 851 g/mol. The second-order valence-corrected chi connectivity index (χ2v) is 22.1. The fourth-order valence-electron chi connectivity index (χ4n) is 6.26. The lowest BCUT2D eigenvalue weighted by Crippen LogP contribution is -2.67. The molecule has 18 heteroatoms. The topological polar surface area (TPSA) is 197 Å². The highest BCUT2D eigenvalue weighted by molar-refractivity contribution is 8.76. The zero-order valence-corrected chi connectivity index (χ0v) is 36.6. The van der Waals surface area contributed by atoms with Gasteiger partial charge >= 0.3 is 11.8 Å². The van der Waals surface area contributed by atoms with Crippen LogP contribution in [0.25, 0.3) is 10.4 Å². The summed E-state index contributed by atoms with van der Waals surface area (Å²) in [5.74, 6) is 7.73. The molecule has 0 unspecified atom stereocenters. The molecule has 1 saturated heterocycles. The van der Waals surface area contributed by atoms with E-state index >= 15 is 0 Å². The van der Waals surface area contributed by atoms with Crippen LogP contribution in [0.1, 0.15) is 59.8 Å². The maximum absolute atomic E-state index is 13.2. The fraction of sp³-hybridized carbons (Fsp3) is 0.475. The van der Waals surface area contributed by atoms with Crippen molar-refractivity contribution < 1.29 is 28.2 Å². The van der Waals surface area contributed by atoms with Crippen molar-refractivity contribution in [1.82, 2.24) is 20.2 Å². The van der Waals surface area contributed by atoms with Crippen molar-refractivity contribution >= 4 is 52.2 Å². The fourth-order valence-corrected chi connectivity index (χ4v) is 12.6. The Labute approximate surface area is 349 Å². The first-order chi connectivity index (χ1) is 27.6. The van der Waals surface area contributed by atoms with Crippen molar-refractivity contribution in [3.8, 4) is 11.8 Å². The number of nitrogen functional groups attached to an aromatic ring is 1. The van der Waals surface area contributed by atoms with Gasteiger partial charge in [0, 0.05) is 35.6 Å². The van der Waals surface area contributed by atoms with E-state index in [1.165, 1.54) is 10.8 Å². The Hall–Kier alpha value is -4.60. The lowest BCUT2D eigenvalue weighted by atomic mass is 10.2. The molecule has 4 N–H and O–H groups in total. The van der Waals surface area contributed by atoms with E-state index in [9.17, 15) is 9.59 Å². The zero-order valence-electron chi connectivity index (χ0n) is 33.9. The van der Waals surface area contributed by atoms with E-state index in [1.807, 2.05) is 57.2 Å². The van der Waals surface area contributed by atoms with Gasteiger partial charge in [0.25, 0.3) is 8.32 Å². The SMILES string of the molecule is C=C(NCC#Cc1cn([C@H]2C[C@@H](OCN=[N+]=[N-])[C@@H](CO[Si](c3ccccc3)(c3ccccc3)C(C)(C)C)O2)c(=O)nc1N)OCCSSCCNC(=O)OC(C)(C)C. The predicted octanol–water partition coefficient (Wildman–Crippen LogP) is 5.68. The van der Waals surface area contributed by atoms with Crippen LogP contribution in [-0.2, 0) is 23.4 Å². The highest BCUT2D eigenvalue weighted by Gasteiger charge is 2.51. The minimum Gasteiger partial charge on any atom is -0.479 e. The first-order valence-electron chi connectivity index (χ1n) is 18.8. The number of carbonyl (C=O) groups excluding carboxylic acids is 1. The van der Waals surface area contributed by atoms with Gasteiger partial charge in [-0.1, -0.05) is 120 Å². The minimum absolute atomic E-state index is 0.0135. The highest BCUT2D eigenvalue weighted by atomic mass is 33.1. The van der Waals surface area contributed by atoms with Crippen molar-refractivity contribution in [2.75, 3.05) is 50.3 Å². The molecule has 1 amide bonds. The molecular formula is C40H54N8O7S2Si. The summed E-state index contributed by atoms with van der Waals surface area (Å²) in [7, 11) is 0.300. The Balaban J connectivity index is 1.37. The number of amides is 1. The molecule has 1 aromatic heterocycles. The smallest absolute Gasteiger partial charge is 0.407 e. The summed E-state index contributed by atoms with van der Waals surface area (Å²) in [4.78, 5) is 31.8. The van der Waals surface area contributed by atoms with Gasteiger partial charge in [0.05, 0.1) is 31.4 Å². The molecule has 0 saturated carbocycles. The number of carbonyl (C=O) groups is 1. The van der Waals surface area contributed by atoms with Gasteiger partial charge in [-0.25, -0.2) is 9.59 Å². The van der Waals surface area contributed by atoms with Gasteiger partial charge in [0.1, 0.15) is 30.5 Å². The Morgan fingerprint density at radius 3 is 2.36 bits per heavy atom. The van der Waals surface area contributed by atoms with Crippen molar-refractivity contribution in [2.45, 2.75) is 77.0 Å². The van der Waals surface area contributed by atoms with Crippen LogP contribution in [0.4, 0.5) is 10.6 Å². The zero-order chi connectivity index (χ0) is 42.2. The third-order valence-corrected chi connectivity index (χ3v) is 16.1. The van der Waals surface area contributed by atoms with Crippen LogP contribution in [0, 0.1) is 11.8 Å². The standard InChI is InChI=1S/C40H54N8O7S2Si/c1-29(51-22-24-57-56-23-21-44-38(50)55-39(2,3)4)43-20-14-15-30-26-48(37(49)46-36(30)41)35-25-33(52-28-45-47-42)34(54-35)27-53-58(40(5,6)7,31-16-10-8-11-17-31)32-18-12-9-13-19-32/h8-13,16-19,26,33-35,43H,1,20-25,27-28H2,2-7H3,(H,44,50)(H2,41,46,49)/t33-,34-,35-/m1/s1. The van der Waals surface area contributed by atoms with Gasteiger partial charge in [-0.3, -0.25) is 4.57 Å². The molecule has 0 bridgehead atoms. The number of azide groups is 1. The molecule has 312 valence electrons. The third-order valence-electron chi connectivity index (χ3n) is 8.74. The monoisotopic (exact) mass is 850 g/mol. The van der Waals surface area contributed by atoms with Crippen LogP contribution < -0.4 is 32.4 Å². The molecule has 2 aromatic carbocycles. The molecule has 3 aromatic rings. The molecule has 0 aliphatic carbocycles. The van der Waals surface area contributed by atoms with E-state index in [0.717, 1.165) is 16.1 Å². The molecule has 0 spiro atoms. The quantitative estimate of drug-likeness (QED) is 0.0196. The number of nitrogens with zero attached hydrogens (tertiary/aromatic N) is 5. The second-order valence-electron chi connectivity index (χ2n) is 15.1. The number of benzene rings is 2. The van der Waals surface area contributed by atoms with Gasteiger partial charge in [-0.2, -0.15) is 4.98 Å². The number of alkyl carbamates (subject to hydrolysis) is 1. The van der Waals surface area contributed by atoms with Crippen LogP contribution in [-0.4, -0.2) is 86.3 Å². The van der Waals surface area contributed by atoms with Crippen molar-refractivity contribution in [3.05, 3.63) is 106 Å². The molecule has 3 atom stereocenters. The Bertz CT molecular complexity index is 1940. The van der Waals surface area contributed by atoms with Gasteiger partial charge in [0.2, 0.25) is 0 Å². The number of anilines is 1. The molecular weight excluding hydrogens is 797 g/mol. The number of nitrogens with one attached hydrogen (secondary N) is 2. The molecule has 4 rings (SSSR count). The van der Waals surface area contributed by atoms with E-state index in [-0.39, 0.29) is 37.2 Å². The molecule has 58 heavy (non-hydrogen) atoms. The minimum atomic E-state index is -2.94. The van der Waals surface area contributed by atoms with Crippen molar-refractivity contribution in [3.63, 3.8) is 0 Å². The molecule has 1 aliphatic rings.